The van der Waals surface area contributed by atoms with Crippen LogP contribution in [0, 0.1) is 19.7 Å². The molecule has 0 radical (unpaired) electrons. The number of aromatic nitrogens is 4. The molecule has 1 aromatic carbocycles. The molecule has 2 aromatic heterocycles. The summed E-state index contributed by atoms with van der Waals surface area (Å²) < 4.78 is 19.3. The van der Waals surface area contributed by atoms with Gasteiger partial charge in [-0.3, -0.25) is 0 Å². The third kappa shape index (κ3) is 2.52. The lowest BCUT2D eigenvalue weighted by Gasteiger charge is -2.11. The molecule has 0 saturated heterocycles. The Morgan fingerprint density at radius 1 is 1.14 bits per heavy atom. The number of ether oxygens (including phenoxy) is 1. The van der Waals surface area contributed by atoms with Crippen molar-refractivity contribution >= 4 is 22.5 Å². The Hall–Kier alpha value is -2.83. The Morgan fingerprint density at radius 2 is 1.95 bits per heavy atom. The van der Waals surface area contributed by atoms with Gasteiger partial charge in [0.1, 0.15) is 34.8 Å². The molecule has 0 amide bonds. The number of anilines is 2. The Balaban J connectivity index is 2.07. The zero-order chi connectivity index (χ0) is 15.7. The molecule has 0 aliphatic rings. The second-order valence-corrected chi connectivity index (χ2v) is 4.80. The van der Waals surface area contributed by atoms with Crippen LogP contribution >= 0.6 is 0 Å². The normalized spacial score (nSPS) is 10.7. The first-order valence-corrected chi connectivity index (χ1v) is 6.64. The van der Waals surface area contributed by atoms with E-state index in [2.05, 4.69) is 25.3 Å². The van der Waals surface area contributed by atoms with Crippen LogP contribution in [0.5, 0.6) is 5.75 Å². The van der Waals surface area contributed by atoms with E-state index in [0.717, 1.165) is 5.56 Å². The molecule has 7 heteroatoms. The van der Waals surface area contributed by atoms with Gasteiger partial charge in [0.15, 0.2) is 5.82 Å². The summed E-state index contributed by atoms with van der Waals surface area (Å²) in [4.78, 5) is 16.7. The average Bonchev–Trinajstić information content (AvgIpc) is 2.51. The molecule has 2 heterocycles. The molecule has 1 N–H and O–H groups in total. The van der Waals surface area contributed by atoms with Gasteiger partial charge in [-0.2, -0.15) is 0 Å². The summed E-state index contributed by atoms with van der Waals surface area (Å²) in [7, 11) is 1.51. The maximum absolute atomic E-state index is 14.2. The van der Waals surface area contributed by atoms with E-state index in [4.69, 9.17) is 4.74 Å². The Kier molecular flexibility index (Phi) is 3.54. The molecule has 0 aliphatic heterocycles. The molecular weight excluding hydrogens is 285 g/mol. The summed E-state index contributed by atoms with van der Waals surface area (Å²) in [5.74, 6) is 1.09. The summed E-state index contributed by atoms with van der Waals surface area (Å²) in [6.45, 7) is 3.61. The smallest absolute Gasteiger partial charge is 0.160 e. The molecule has 0 bridgehead atoms. The van der Waals surface area contributed by atoms with Crippen LogP contribution in [0.3, 0.4) is 0 Å². The number of rotatable bonds is 3. The van der Waals surface area contributed by atoms with Crippen LogP contribution in [-0.2, 0) is 0 Å². The molecule has 0 aliphatic carbocycles. The van der Waals surface area contributed by atoms with E-state index in [1.807, 2.05) is 6.92 Å². The highest BCUT2D eigenvalue weighted by Gasteiger charge is 2.11. The van der Waals surface area contributed by atoms with Gasteiger partial charge < -0.3 is 10.1 Å². The van der Waals surface area contributed by atoms with Crippen molar-refractivity contribution in [3.63, 3.8) is 0 Å². The summed E-state index contributed by atoms with van der Waals surface area (Å²) in [5.41, 5.74) is 2.25. The van der Waals surface area contributed by atoms with E-state index in [-0.39, 0.29) is 0 Å². The van der Waals surface area contributed by atoms with Gasteiger partial charge in [0.2, 0.25) is 0 Å². The van der Waals surface area contributed by atoms with E-state index in [0.29, 0.717) is 34.1 Å². The van der Waals surface area contributed by atoms with Gasteiger partial charge >= 0.3 is 0 Å². The molecule has 0 atom stereocenters. The second-order valence-electron chi connectivity index (χ2n) is 4.80. The molecule has 0 unspecified atom stereocenters. The van der Waals surface area contributed by atoms with Gasteiger partial charge in [-0.15, -0.1) is 0 Å². The van der Waals surface area contributed by atoms with Crippen molar-refractivity contribution in [3.8, 4) is 5.75 Å². The minimum absolute atomic E-state index is 0.301. The fraction of sp³-hybridized carbons (Fsp3) is 0.200. The van der Waals surface area contributed by atoms with Crippen molar-refractivity contribution in [2.75, 3.05) is 12.4 Å². The minimum atomic E-state index is -0.431. The fourth-order valence-corrected chi connectivity index (χ4v) is 2.14. The molecule has 6 nitrogen and oxygen atoms in total. The van der Waals surface area contributed by atoms with Crippen LogP contribution in [0.2, 0.25) is 0 Å². The van der Waals surface area contributed by atoms with Crippen LogP contribution in [-0.4, -0.2) is 27.0 Å². The highest BCUT2D eigenvalue weighted by atomic mass is 19.1. The van der Waals surface area contributed by atoms with Crippen molar-refractivity contribution in [2.45, 2.75) is 13.8 Å². The van der Waals surface area contributed by atoms with Gasteiger partial charge in [0.05, 0.1) is 19.0 Å². The molecule has 112 valence electrons. The van der Waals surface area contributed by atoms with Crippen molar-refractivity contribution < 1.29 is 9.13 Å². The van der Waals surface area contributed by atoms with Gasteiger partial charge in [-0.25, -0.2) is 24.3 Å². The number of benzene rings is 1. The predicted octanol–water partition coefficient (Wildman–Crippen LogP) is 2.93. The van der Waals surface area contributed by atoms with Crippen molar-refractivity contribution in [2.24, 2.45) is 0 Å². The monoisotopic (exact) mass is 299 g/mol. The zero-order valence-corrected chi connectivity index (χ0v) is 12.4. The number of methoxy groups -OCH3 is 1. The van der Waals surface area contributed by atoms with E-state index < -0.39 is 5.82 Å². The summed E-state index contributed by atoms with van der Waals surface area (Å²) in [6, 6.07) is 3.00. The fourth-order valence-electron chi connectivity index (χ4n) is 2.14. The van der Waals surface area contributed by atoms with Gasteiger partial charge in [0.25, 0.3) is 0 Å². The molecule has 3 rings (SSSR count). The lowest BCUT2D eigenvalue weighted by atomic mass is 10.2. The molecule has 0 spiro atoms. The number of nitrogens with one attached hydrogen (secondary N) is 1. The molecule has 0 fully saturated rings. The number of hydrogen-bond acceptors (Lipinski definition) is 6. The SMILES string of the molecule is COc1cc(F)c(Nc2ncnc3cnc(C)nc23)cc1C. The number of fused-ring (bicyclic) bond motifs is 1. The van der Waals surface area contributed by atoms with E-state index >= 15 is 0 Å². The molecule has 3 aromatic rings. The molecular formula is C15H14FN5O. The van der Waals surface area contributed by atoms with Crippen molar-refractivity contribution in [1.29, 1.82) is 0 Å². The first-order valence-electron chi connectivity index (χ1n) is 6.64. The largest absolute Gasteiger partial charge is 0.496 e. The maximum atomic E-state index is 14.2. The topological polar surface area (TPSA) is 72.8 Å². The summed E-state index contributed by atoms with van der Waals surface area (Å²) in [6.07, 6.45) is 3.00. The molecule has 22 heavy (non-hydrogen) atoms. The van der Waals surface area contributed by atoms with Crippen molar-refractivity contribution in [1.82, 2.24) is 19.9 Å². The van der Waals surface area contributed by atoms with Crippen molar-refractivity contribution in [3.05, 3.63) is 41.9 Å². The predicted molar refractivity (Wildman–Crippen MR) is 80.8 cm³/mol. The third-order valence-corrected chi connectivity index (χ3v) is 3.24. The number of aryl methyl sites for hydroxylation is 2. The highest BCUT2D eigenvalue weighted by Crippen LogP contribution is 2.28. The van der Waals surface area contributed by atoms with E-state index in [9.17, 15) is 4.39 Å². The minimum Gasteiger partial charge on any atom is -0.496 e. The van der Waals surface area contributed by atoms with Gasteiger partial charge in [-0.1, -0.05) is 0 Å². The summed E-state index contributed by atoms with van der Waals surface area (Å²) >= 11 is 0. The van der Waals surface area contributed by atoms with Crippen LogP contribution in [0.25, 0.3) is 11.0 Å². The first kappa shape index (κ1) is 14.1. The summed E-state index contributed by atoms with van der Waals surface area (Å²) in [5, 5.41) is 2.96. The quantitative estimate of drug-likeness (QED) is 0.801. The molecule has 0 saturated carbocycles. The van der Waals surface area contributed by atoms with E-state index in [1.165, 1.54) is 19.5 Å². The lowest BCUT2D eigenvalue weighted by molar-refractivity contribution is 0.408. The Morgan fingerprint density at radius 3 is 2.73 bits per heavy atom. The number of nitrogens with zero attached hydrogens (tertiary/aromatic N) is 4. The van der Waals surface area contributed by atoms with Gasteiger partial charge in [0, 0.05) is 6.07 Å². The van der Waals surface area contributed by atoms with Gasteiger partial charge in [-0.05, 0) is 25.5 Å². The Bertz CT molecular complexity index is 853. The second kappa shape index (κ2) is 5.51. The van der Waals surface area contributed by atoms with Crippen LogP contribution in [0.15, 0.2) is 24.7 Å². The zero-order valence-electron chi connectivity index (χ0n) is 12.4. The Labute approximate surface area is 126 Å². The standard InChI is InChI=1S/C15H14FN5O/c1-8-4-11(10(16)5-13(8)22-3)21-15-14-12(18-7-19-15)6-17-9(2)20-14/h4-7H,1-3H3,(H,18,19,21). The highest BCUT2D eigenvalue weighted by molar-refractivity contribution is 5.86. The van der Waals surface area contributed by atoms with Crippen LogP contribution in [0.1, 0.15) is 11.4 Å². The van der Waals surface area contributed by atoms with E-state index in [1.54, 1.807) is 19.2 Å². The lowest BCUT2D eigenvalue weighted by Crippen LogP contribution is -2.02. The first-order chi connectivity index (χ1) is 10.6. The maximum Gasteiger partial charge on any atom is 0.160 e. The average molecular weight is 299 g/mol. The van der Waals surface area contributed by atoms with Crippen LogP contribution < -0.4 is 10.1 Å². The number of hydrogen-bond donors (Lipinski definition) is 1. The third-order valence-electron chi connectivity index (χ3n) is 3.24. The van der Waals surface area contributed by atoms with Crippen LogP contribution in [0.4, 0.5) is 15.9 Å². The number of halogens is 1.